The average Bonchev–Trinajstić information content (AvgIpc) is 3.57. The van der Waals surface area contributed by atoms with E-state index in [1.54, 1.807) is 0 Å². The number of hydrogen-bond donors (Lipinski definition) is 0. The zero-order chi connectivity index (χ0) is 31.2. The highest BCUT2D eigenvalue weighted by Gasteiger charge is 2.21. The maximum atomic E-state index is 5.37. The zero-order valence-corrected chi connectivity index (χ0v) is 25.3. The topological polar surface area (TPSA) is 56.5 Å². The Balaban J connectivity index is 1.32. The van der Waals surface area contributed by atoms with Crippen molar-refractivity contribution in [1.82, 2.24) is 24.5 Å². The van der Waals surface area contributed by atoms with Crippen molar-refractivity contribution in [2.24, 2.45) is 0 Å². The SMILES string of the molecule is c1ccc(-c2nc(-c3ccccc3)nc(-c3cccc(-n4c(-c5ccccc5)nc5c6ccccc6c6ccccc6c54)c3)n2)cc1. The predicted octanol–water partition coefficient (Wildman–Crippen LogP) is 10.2. The Morgan fingerprint density at radius 2 is 0.787 bits per heavy atom. The summed E-state index contributed by atoms with van der Waals surface area (Å²) < 4.78 is 2.29. The summed E-state index contributed by atoms with van der Waals surface area (Å²) in [5.74, 6) is 2.76. The standard InChI is InChI=1S/C42H27N5/c1-4-15-28(16-5-1)39-44-40(29-17-6-2-7-18-29)46-41(45-39)31-21-14-22-32(27-31)47-38-36-26-13-11-24-34(36)33-23-10-12-25-35(33)37(38)43-42(47)30-19-8-3-9-20-30/h1-27H. The molecular weight excluding hydrogens is 574 g/mol. The summed E-state index contributed by atoms with van der Waals surface area (Å²) in [6.07, 6.45) is 0. The van der Waals surface area contributed by atoms with E-state index in [0.717, 1.165) is 55.6 Å². The molecule has 0 spiro atoms. The molecular formula is C42H27N5. The molecule has 47 heavy (non-hydrogen) atoms. The van der Waals surface area contributed by atoms with Gasteiger partial charge < -0.3 is 0 Å². The first-order valence-corrected chi connectivity index (χ1v) is 15.7. The van der Waals surface area contributed by atoms with Crippen molar-refractivity contribution in [3.05, 3.63) is 164 Å². The maximum Gasteiger partial charge on any atom is 0.164 e. The van der Waals surface area contributed by atoms with Gasteiger partial charge in [-0.2, -0.15) is 0 Å². The second-order valence-electron chi connectivity index (χ2n) is 11.5. The largest absolute Gasteiger partial charge is 0.292 e. The number of nitrogens with zero attached hydrogens (tertiary/aromatic N) is 5. The fourth-order valence-electron chi connectivity index (χ4n) is 6.46. The lowest BCUT2D eigenvalue weighted by Crippen LogP contribution is -2.02. The third-order valence-electron chi connectivity index (χ3n) is 8.63. The molecule has 2 heterocycles. The molecule has 0 radical (unpaired) electrons. The minimum absolute atomic E-state index is 0.612. The number of imidazole rings is 1. The molecule has 5 nitrogen and oxygen atoms in total. The molecule has 0 unspecified atom stereocenters. The van der Waals surface area contributed by atoms with E-state index >= 15 is 0 Å². The van der Waals surface area contributed by atoms with Gasteiger partial charge >= 0.3 is 0 Å². The Bertz CT molecular complexity index is 2500. The third-order valence-corrected chi connectivity index (χ3v) is 8.63. The van der Waals surface area contributed by atoms with Gasteiger partial charge in [0, 0.05) is 38.7 Å². The van der Waals surface area contributed by atoms with E-state index < -0.39 is 0 Å². The zero-order valence-electron chi connectivity index (χ0n) is 25.3. The second kappa shape index (κ2) is 11.2. The van der Waals surface area contributed by atoms with Crippen molar-refractivity contribution in [3.8, 4) is 51.2 Å². The van der Waals surface area contributed by atoms with Crippen LogP contribution in [0.4, 0.5) is 0 Å². The molecule has 0 aliphatic rings. The van der Waals surface area contributed by atoms with Gasteiger partial charge in [-0.05, 0) is 22.9 Å². The highest BCUT2D eigenvalue weighted by atomic mass is 15.1. The van der Waals surface area contributed by atoms with Crippen molar-refractivity contribution in [3.63, 3.8) is 0 Å². The van der Waals surface area contributed by atoms with Crippen molar-refractivity contribution >= 4 is 32.6 Å². The molecule has 0 aliphatic heterocycles. The number of aromatic nitrogens is 5. The van der Waals surface area contributed by atoms with Crippen molar-refractivity contribution < 1.29 is 0 Å². The van der Waals surface area contributed by atoms with E-state index in [1.807, 2.05) is 66.7 Å². The quantitative estimate of drug-likeness (QED) is 0.184. The molecule has 2 aromatic heterocycles. The minimum atomic E-state index is 0.612. The highest BCUT2D eigenvalue weighted by Crippen LogP contribution is 2.39. The van der Waals surface area contributed by atoms with Crippen molar-refractivity contribution in [2.45, 2.75) is 0 Å². The predicted molar refractivity (Wildman–Crippen MR) is 191 cm³/mol. The molecule has 0 bridgehead atoms. The van der Waals surface area contributed by atoms with Gasteiger partial charge in [-0.3, -0.25) is 4.57 Å². The van der Waals surface area contributed by atoms with Gasteiger partial charge in [0.25, 0.3) is 0 Å². The van der Waals surface area contributed by atoms with Gasteiger partial charge in [-0.25, -0.2) is 19.9 Å². The molecule has 0 atom stereocenters. The van der Waals surface area contributed by atoms with Gasteiger partial charge in [0.15, 0.2) is 17.5 Å². The van der Waals surface area contributed by atoms with E-state index in [4.69, 9.17) is 19.9 Å². The molecule has 9 aromatic rings. The van der Waals surface area contributed by atoms with E-state index in [1.165, 1.54) is 10.8 Å². The lowest BCUT2D eigenvalue weighted by atomic mass is 10.00. The number of benzene rings is 7. The minimum Gasteiger partial charge on any atom is -0.292 e. The van der Waals surface area contributed by atoms with Crippen LogP contribution in [0.5, 0.6) is 0 Å². The van der Waals surface area contributed by atoms with Gasteiger partial charge in [-0.15, -0.1) is 0 Å². The van der Waals surface area contributed by atoms with E-state index in [0.29, 0.717) is 17.5 Å². The van der Waals surface area contributed by atoms with Crippen LogP contribution in [-0.4, -0.2) is 24.5 Å². The first-order valence-electron chi connectivity index (χ1n) is 15.7. The molecule has 0 aliphatic carbocycles. The van der Waals surface area contributed by atoms with Crippen LogP contribution in [0, 0.1) is 0 Å². The molecule has 5 heteroatoms. The molecule has 9 rings (SSSR count). The number of rotatable bonds is 5. The van der Waals surface area contributed by atoms with Crippen LogP contribution >= 0.6 is 0 Å². The van der Waals surface area contributed by atoms with Gasteiger partial charge in [0.1, 0.15) is 5.82 Å². The van der Waals surface area contributed by atoms with Gasteiger partial charge in [0.2, 0.25) is 0 Å². The summed E-state index contributed by atoms with van der Waals surface area (Å²) in [5.41, 5.74) is 6.84. The summed E-state index contributed by atoms with van der Waals surface area (Å²) >= 11 is 0. The Morgan fingerprint density at radius 3 is 1.38 bits per heavy atom. The van der Waals surface area contributed by atoms with Crippen molar-refractivity contribution in [1.29, 1.82) is 0 Å². The van der Waals surface area contributed by atoms with E-state index in [-0.39, 0.29) is 0 Å². The lowest BCUT2D eigenvalue weighted by Gasteiger charge is -2.14. The van der Waals surface area contributed by atoms with Crippen LogP contribution in [0.15, 0.2) is 164 Å². The van der Waals surface area contributed by atoms with Crippen molar-refractivity contribution in [2.75, 3.05) is 0 Å². The van der Waals surface area contributed by atoms with Crippen LogP contribution in [0.3, 0.4) is 0 Å². The summed E-state index contributed by atoms with van der Waals surface area (Å²) in [7, 11) is 0. The van der Waals surface area contributed by atoms with Crippen LogP contribution in [0.2, 0.25) is 0 Å². The molecule has 0 fully saturated rings. The van der Waals surface area contributed by atoms with Crippen LogP contribution in [0.1, 0.15) is 0 Å². The normalized spacial score (nSPS) is 11.4. The van der Waals surface area contributed by atoms with Crippen LogP contribution in [-0.2, 0) is 0 Å². The molecule has 0 saturated carbocycles. The second-order valence-corrected chi connectivity index (χ2v) is 11.5. The first kappa shape index (κ1) is 26.9. The summed E-state index contributed by atoms with van der Waals surface area (Å²) in [4.78, 5) is 20.3. The monoisotopic (exact) mass is 601 g/mol. The maximum absolute atomic E-state index is 5.37. The highest BCUT2D eigenvalue weighted by molar-refractivity contribution is 6.24. The summed E-state index contributed by atoms with van der Waals surface area (Å²) in [6, 6.07) is 56.2. The Kier molecular flexibility index (Phi) is 6.39. The van der Waals surface area contributed by atoms with Gasteiger partial charge in [-0.1, -0.05) is 152 Å². The number of hydrogen-bond acceptors (Lipinski definition) is 4. The molecule has 0 amide bonds. The van der Waals surface area contributed by atoms with E-state index in [9.17, 15) is 0 Å². The Labute approximate surface area is 271 Å². The first-order chi connectivity index (χ1) is 23.3. The molecule has 7 aromatic carbocycles. The molecule has 220 valence electrons. The summed E-state index contributed by atoms with van der Waals surface area (Å²) in [6.45, 7) is 0. The van der Waals surface area contributed by atoms with Crippen LogP contribution < -0.4 is 0 Å². The average molecular weight is 602 g/mol. The smallest absolute Gasteiger partial charge is 0.164 e. The number of fused-ring (bicyclic) bond motifs is 6. The van der Waals surface area contributed by atoms with E-state index in [2.05, 4.69) is 102 Å². The fourth-order valence-corrected chi connectivity index (χ4v) is 6.46. The molecule has 0 N–H and O–H groups in total. The third kappa shape index (κ3) is 4.64. The summed E-state index contributed by atoms with van der Waals surface area (Å²) in [5, 5.41) is 4.68. The fraction of sp³-hybridized carbons (Fsp3) is 0. The lowest BCUT2D eigenvalue weighted by molar-refractivity contribution is 1.07. The van der Waals surface area contributed by atoms with Gasteiger partial charge in [0.05, 0.1) is 11.0 Å². The van der Waals surface area contributed by atoms with Crippen LogP contribution in [0.25, 0.3) is 83.8 Å². The Morgan fingerprint density at radius 1 is 0.340 bits per heavy atom. The Hall–Kier alpha value is -6.46. The molecule has 0 saturated heterocycles.